The molecule has 0 atom stereocenters. The average Bonchev–Trinajstić information content (AvgIpc) is 2.79. The van der Waals surface area contributed by atoms with E-state index in [9.17, 15) is 10.2 Å². The summed E-state index contributed by atoms with van der Waals surface area (Å²) in [5.74, 6) is 0.0813. The van der Waals surface area contributed by atoms with Crippen LogP contribution in [0, 0.1) is 0 Å². The minimum atomic E-state index is 0. The number of hydrogen-bond acceptors (Lipinski definition) is 2. The third-order valence-electron chi connectivity index (χ3n) is 6.90. The molecule has 0 aliphatic rings. The van der Waals surface area contributed by atoms with Gasteiger partial charge in [0.2, 0.25) is 0 Å². The second-order valence-electron chi connectivity index (χ2n) is 9.97. The molecule has 2 N–H and O–H groups in total. The van der Waals surface area contributed by atoms with Gasteiger partial charge in [0.15, 0.2) is 11.5 Å². The molecule has 195 valence electrons. The van der Waals surface area contributed by atoms with Gasteiger partial charge in [-0.1, -0.05) is 129 Å². The first-order chi connectivity index (χ1) is 15.7. The van der Waals surface area contributed by atoms with Crippen LogP contribution in [0.3, 0.4) is 0 Å². The number of rotatable bonds is 22. The number of aryl methyl sites for hydroxylation is 2. The molecule has 33 heavy (non-hydrogen) atoms. The van der Waals surface area contributed by atoms with Crippen LogP contribution < -0.4 is 0 Å². The Labute approximate surface area is 216 Å². The molecule has 0 heterocycles. The first kappa shape index (κ1) is 32.3. The molecule has 1 aromatic carbocycles. The topological polar surface area (TPSA) is 40.5 Å². The standard InChI is InChI=1S/C30H54O2.Cu/c1-3-5-7-9-11-13-15-17-19-21-23-27-25-29(31)30(32)26-28(27)24-22-20-18-16-14-12-10-8-6-4-2;/h25-26,31-32H,3-24H2,1-2H3;/q;+2. The predicted molar refractivity (Wildman–Crippen MR) is 141 cm³/mol. The molecule has 1 radical (unpaired) electrons. The van der Waals surface area contributed by atoms with Crippen LogP contribution in [0.4, 0.5) is 0 Å². The first-order valence-electron chi connectivity index (χ1n) is 14.2. The summed E-state index contributed by atoms with van der Waals surface area (Å²) < 4.78 is 0. The number of phenolic OH excluding ortho intramolecular Hbond substituents is 2. The number of benzene rings is 1. The van der Waals surface area contributed by atoms with Crippen molar-refractivity contribution in [3.8, 4) is 11.5 Å². The van der Waals surface area contributed by atoms with Crippen LogP contribution >= 0.6 is 0 Å². The Balaban J connectivity index is 0.0000102. The monoisotopic (exact) mass is 509 g/mol. The molecule has 0 saturated carbocycles. The minimum Gasteiger partial charge on any atom is -0.504 e. The van der Waals surface area contributed by atoms with E-state index in [2.05, 4.69) is 13.8 Å². The zero-order valence-corrected chi connectivity index (χ0v) is 22.8. The van der Waals surface area contributed by atoms with E-state index in [-0.39, 0.29) is 28.6 Å². The molecule has 0 amide bonds. The van der Waals surface area contributed by atoms with Crippen LogP contribution in [0.2, 0.25) is 0 Å². The molecular formula is C30H54CuO2+2. The van der Waals surface area contributed by atoms with Gasteiger partial charge in [0.1, 0.15) is 0 Å². The SMILES string of the molecule is CCCCCCCCCCCCc1cc(O)c(O)cc1CCCCCCCCCCCC.[Cu+2]. The van der Waals surface area contributed by atoms with Crippen molar-refractivity contribution in [1.82, 2.24) is 0 Å². The quantitative estimate of drug-likeness (QED) is 0.0926. The van der Waals surface area contributed by atoms with Gasteiger partial charge in [-0.15, -0.1) is 0 Å². The first-order valence-corrected chi connectivity index (χ1v) is 14.2. The van der Waals surface area contributed by atoms with Crippen molar-refractivity contribution in [3.05, 3.63) is 23.3 Å². The van der Waals surface area contributed by atoms with Crippen LogP contribution in [0.15, 0.2) is 12.1 Å². The van der Waals surface area contributed by atoms with Gasteiger partial charge in [0.25, 0.3) is 0 Å². The Morgan fingerprint density at radius 3 is 0.939 bits per heavy atom. The molecule has 0 fully saturated rings. The van der Waals surface area contributed by atoms with E-state index < -0.39 is 0 Å². The van der Waals surface area contributed by atoms with Crippen molar-refractivity contribution < 1.29 is 27.3 Å². The zero-order valence-electron chi connectivity index (χ0n) is 21.9. The maximum atomic E-state index is 9.98. The van der Waals surface area contributed by atoms with Gasteiger partial charge in [0.05, 0.1) is 0 Å². The van der Waals surface area contributed by atoms with Crippen LogP contribution in [-0.2, 0) is 29.9 Å². The molecule has 0 unspecified atom stereocenters. The molecular weight excluding hydrogens is 456 g/mol. The molecule has 0 aliphatic carbocycles. The fraction of sp³-hybridized carbons (Fsp3) is 0.800. The van der Waals surface area contributed by atoms with E-state index in [1.54, 1.807) is 0 Å². The number of hydrogen-bond donors (Lipinski definition) is 2. The molecule has 0 saturated heterocycles. The van der Waals surface area contributed by atoms with Gasteiger partial charge >= 0.3 is 17.1 Å². The van der Waals surface area contributed by atoms with Crippen molar-refractivity contribution in [2.24, 2.45) is 0 Å². The Kier molecular flexibility index (Phi) is 22.6. The van der Waals surface area contributed by atoms with Gasteiger partial charge in [-0.25, -0.2) is 0 Å². The van der Waals surface area contributed by atoms with Crippen molar-refractivity contribution in [1.29, 1.82) is 0 Å². The minimum absolute atomic E-state index is 0. The van der Waals surface area contributed by atoms with Gasteiger partial charge < -0.3 is 10.2 Å². The van der Waals surface area contributed by atoms with E-state index in [0.29, 0.717) is 0 Å². The molecule has 2 nitrogen and oxygen atoms in total. The third kappa shape index (κ3) is 17.4. The molecule has 1 rings (SSSR count). The van der Waals surface area contributed by atoms with Crippen LogP contribution in [0.5, 0.6) is 11.5 Å². The van der Waals surface area contributed by atoms with E-state index in [1.807, 2.05) is 12.1 Å². The summed E-state index contributed by atoms with van der Waals surface area (Å²) in [6.07, 6.45) is 29.0. The number of aromatic hydroxyl groups is 2. The Bertz CT molecular complexity index is 509. The molecule has 0 aromatic heterocycles. The van der Waals surface area contributed by atoms with Crippen molar-refractivity contribution >= 4 is 0 Å². The smallest absolute Gasteiger partial charge is 0.504 e. The van der Waals surface area contributed by atoms with Gasteiger partial charge in [-0.05, 0) is 48.9 Å². The second-order valence-corrected chi connectivity index (χ2v) is 9.97. The van der Waals surface area contributed by atoms with E-state index in [4.69, 9.17) is 0 Å². The summed E-state index contributed by atoms with van der Waals surface area (Å²) >= 11 is 0. The molecule has 0 bridgehead atoms. The van der Waals surface area contributed by atoms with Crippen LogP contribution in [0.25, 0.3) is 0 Å². The molecule has 0 aliphatic heterocycles. The fourth-order valence-electron chi connectivity index (χ4n) is 4.73. The third-order valence-corrected chi connectivity index (χ3v) is 6.90. The maximum Gasteiger partial charge on any atom is 2.00 e. The van der Waals surface area contributed by atoms with Crippen LogP contribution in [-0.4, -0.2) is 10.2 Å². The normalized spacial score (nSPS) is 11.0. The van der Waals surface area contributed by atoms with E-state index in [1.165, 1.54) is 140 Å². The summed E-state index contributed by atoms with van der Waals surface area (Å²) in [4.78, 5) is 0. The van der Waals surface area contributed by atoms with Gasteiger partial charge in [-0.3, -0.25) is 0 Å². The summed E-state index contributed by atoms with van der Waals surface area (Å²) in [5, 5.41) is 20.0. The molecule has 0 spiro atoms. The molecule has 3 heteroatoms. The van der Waals surface area contributed by atoms with Gasteiger partial charge in [0, 0.05) is 0 Å². The number of phenols is 2. The summed E-state index contributed by atoms with van der Waals surface area (Å²) in [5.41, 5.74) is 2.49. The Morgan fingerprint density at radius 1 is 0.424 bits per heavy atom. The van der Waals surface area contributed by atoms with Crippen molar-refractivity contribution in [3.63, 3.8) is 0 Å². The van der Waals surface area contributed by atoms with Crippen molar-refractivity contribution in [2.75, 3.05) is 0 Å². The van der Waals surface area contributed by atoms with E-state index in [0.717, 1.165) is 12.8 Å². The summed E-state index contributed by atoms with van der Waals surface area (Å²) in [6, 6.07) is 3.63. The average molecular weight is 510 g/mol. The summed E-state index contributed by atoms with van der Waals surface area (Å²) in [6.45, 7) is 4.55. The zero-order chi connectivity index (χ0) is 23.3. The van der Waals surface area contributed by atoms with Crippen LogP contribution in [0.1, 0.15) is 153 Å². The second kappa shape index (κ2) is 23.1. The Morgan fingerprint density at radius 2 is 0.667 bits per heavy atom. The maximum absolute atomic E-state index is 9.98. The van der Waals surface area contributed by atoms with E-state index >= 15 is 0 Å². The van der Waals surface area contributed by atoms with Crippen molar-refractivity contribution in [2.45, 2.75) is 155 Å². The van der Waals surface area contributed by atoms with Gasteiger partial charge in [-0.2, -0.15) is 0 Å². The number of unbranched alkanes of at least 4 members (excludes halogenated alkanes) is 18. The molecule has 1 aromatic rings. The predicted octanol–water partition coefficient (Wildman–Crippen LogP) is 10.0. The largest absolute Gasteiger partial charge is 2.00 e. The summed E-state index contributed by atoms with van der Waals surface area (Å²) in [7, 11) is 0. The Hall–Kier alpha value is -0.661. The fourth-order valence-corrected chi connectivity index (χ4v) is 4.73.